The van der Waals surface area contributed by atoms with Crippen molar-refractivity contribution < 1.29 is 80.2 Å². The van der Waals surface area contributed by atoms with Crippen molar-refractivity contribution in [1.29, 1.82) is 0 Å². The smallest absolute Gasteiger partial charge is 0.462 e. The summed E-state index contributed by atoms with van der Waals surface area (Å²) >= 11 is 0. The van der Waals surface area contributed by atoms with Crippen molar-refractivity contribution in [2.24, 2.45) is 5.92 Å². The minimum absolute atomic E-state index is 0.109. The van der Waals surface area contributed by atoms with Crippen LogP contribution in [0.25, 0.3) is 0 Å². The number of unbranched alkanes of at least 4 members (excludes halogenated alkanes) is 58. The molecule has 17 nitrogen and oxygen atoms in total. The summed E-state index contributed by atoms with van der Waals surface area (Å²) in [6.07, 6.45) is 73.4. The Hall–Kier alpha value is -1.94. The molecule has 630 valence electrons. The van der Waals surface area contributed by atoms with Crippen LogP contribution in [0.3, 0.4) is 0 Å². The minimum Gasteiger partial charge on any atom is -0.462 e. The van der Waals surface area contributed by atoms with Gasteiger partial charge in [0.15, 0.2) is 12.2 Å². The van der Waals surface area contributed by atoms with Gasteiger partial charge < -0.3 is 33.8 Å². The van der Waals surface area contributed by atoms with Gasteiger partial charge in [0.25, 0.3) is 0 Å². The predicted octanol–water partition coefficient (Wildman–Crippen LogP) is 26.8. The lowest BCUT2D eigenvalue weighted by Crippen LogP contribution is -2.30. The van der Waals surface area contributed by atoms with E-state index in [4.69, 9.17) is 37.0 Å². The molecule has 0 aliphatic heterocycles. The van der Waals surface area contributed by atoms with Gasteiger partial charge in [0.05, 0.1) is 26.4 Å². The first-order valence-corrected chi connectivity index (χ1v) is 48.2. The maximum Gasteiger partial charge on any atom is 0.472 e. The van der Waals surface area contributed by atoms with Crippen molar-refractivity contribution in [1.82, 2.24) is 0 Å². The second kappa shape index (κ2) is 79.7. The summed E-state index contributed by atoms with van der Waals surface area (Å²) in [4.78, 5) is 73.3. The van der Waals surface area contributed by atoms with Gasteiger partial charge in [-0.15, -0.1) is 0 Å². The number of carbonyl (C=O) groups is 4. The molecule has 106 heavy (non-hydrogen) atoms. The lowest BCUT2D eigenvalue weighted by Gasteiger charge is -2.21. The highest BCUT2D eigenvalue weighted by Crippen LogP contribution is 2.45. The van der Waals surface area contributed by atoms with Gasteiger partial charge in [-0.2, -0.15) is 0 Å². The third-order valence-corrected chi connectivity index (χ3v) is 22.8. The molecule has 3 unspecified atom stereocenters. The zero-order chi connectivity index (χ0) is 77.6. The summed E-state index contributed by atoms with van der Waals surface area (Å²) in [5, 5.41) is 10.7. The van der Waals surface area contributed by atoms with Gasteiger partial charge in [0.2, 0.25) is 0 Å². The van der Waals surface area contributed by atoms with Crippen LogP contribution in [0.5, 0.6) is 0 Å². The van der Waals surface area contributed by atoms with Crippen molar-refractivity contribution in [3.8, 4) is 0 Å². The number of aliphatic hydroxyl groups is 1. The highest BCUT2D eigenvalue weighted by atomic mass is 31.2. The van der Waals surface area contributed by atoms with Crippen LogP contribution in [0.1, 0.15) is 471 Å². The Morgan fingerprint density at radius 3 is 0.670 bits per heavy atom. The number of phosphoric acid groups is 2. The topological polar surface area (TPSA) is 237 Å². The Balaban J connectivity index is 5.24. The average Bonchev–Trinajstić information content (AvgIpc) is 0.900. The van der Waals surface area contributed by atoms with Crippen LogP contribution in [0.15, 0.2) is 0 Å². The van der Waals surface area contributed by atoms with E-state index in [2.05, 4.69) is 34.6 Å². The Morgan fingerprint density at radius 1 is 0.264 bits per heavy atom. The minimum atomic E-state index is -4.97. The fourth-order valence-electron chi connectivity index (χ4n) is 13.6. The summed E-state index contributed by atoms with van der Waals surface area (Å²) < 4.78 is 69.0. The molecule has 0 aliphatic rings. The summed E-state index contributed by atoms with van der Waals surface area (Å²) in [5.41, 5.74) is 0. The van der Waals surface area contributed by atoms with E-state index in [9.17, 15) is 43.2 Å². The third-order valence-electron chi connectivity index (χ3n) is 20.9. The van der Waals surface area contributed by atoms with Gasteiger partial charge in [-0.25, -0.2) is 9.13 Å². The normalized spacial score (nSPS) is 14.0. The average molecular weight is 1550 g/mol. The molecule has 0 saturated carbocycles. The number of aliphatic hydroxyl groups excluding tert-OH is 1. The number of hydrogen-bond donors (Lipinski definition) is 3. The molecule has 0 aromatic carbocycles. The number of hydrogen-bond acceptors (Lipinski definition) is 15. The third kappa shape index (κ3) is 78.7. The molecule has 0 radical (unpaired) electrons. The SMILES string of the molecule is CCCCCCCCCCCCCCCCCCCCCC(=O)O[C@H](COC(=O)CCCCCCCCCCCCCCCCC(C)CC)COP(=O)(O)OC[C@@H](O)COP(=O)(O)OC[C@@H](COC(=O)CCCCCCCCCCCCC)OC(=O)CCCCCCCCCCCCCCCCCCCC. The van der Waals surface area contributed by atoms with Crippen LogP contribution in [0.2, 0.25) is 0 Å². The van der Waals surface area contributed by atoms with Crippen molar-refractivity contribution in [2.45, 2.75) is 490 Å². The van der Waals surface area contributed by atoms with E-state index in [-0.39, 0.29) is 25.7 Å². The monoisotopic (exact) mass is 1550 g/mol. The van der Waals surface area contributed by atoms with Gasteiger partial charge in [-0.1, -0.05) is 420 Å². The van der Waals surface area contributed by atoms with Crippen LogP contribution in [0, 0.1) is 5.92 Å². The van der Waals surface area contributed by atoms with E-state index in [0.29, 0.717) is 25.7 Å². The molecule has 19 heteroatoms. The summed E-state index contributed by atoms with van der Waals surface area (Å²) in [6.45, 7) is 7.43. The first kappa shape index (κ1) is 104. The van der Waals surface area contributed by atoms with Crippen molar-refractivity contribution in [3.05, 3.63) is 0 Å². The molecule has 0 fully saturated rings. The standard InChI is InChI=1S/C87H170O17P2/c1-6-10-13-16-19-22-25-27-29-31-33-35-37-43-48-53-58-63-68-73-87(92)104-83(77-98-85(90)71-66-61-56-51-46-41-39-38-40-45-49-54-59-64-69-80(5)9-4)79-102-106(95,96)100-75-81(88)74-99-105(93,94)101-78-82(76-97-84(89)70-65-60-55-50-44-24-21-18-15-12-8-3)103-86(91)72-67-62-57-52-47-42-36-34-32-30-28-26-23-20-17-14-11-7-2/h80-83,88H,6-79H2,1-5H3,(H,93,94)(H,95,96)/t80?,81-,82+,83+/m0/s1. The van der Waals surface area contributed by atoms with E-state index in [0.717, 1.165) is 95.8 Å². The summed E-state index contributed by atoms with van der Waals surface area (Å²) in [6, 6.07) is 0. The fraction of sp³-hybridized carbons (Fsp3) is 0.954. The molecule has 0 saturated heterocycles. The lowest BCUT2D eigenvalue weighted by molar-refractivity contribution is -0.161. The van der Waals surface area contributed by atoms with Crippen molar-refractivity contribution >= 4 is 39.5 Å². The number of phosphoric ester groups is 2. The van der Waals surface area contributed by atoms with Gasteiger partial charge in [0, 0.05) is 25.7 Å². The van der Waals surface area contributed by atoms with Gasteiger partial charge in [-0.3, -0.25) is 37.3 Å². The van der Waals surface area contributed by atoms with Gasteiger partial charge in [-0.05, 0) is 31.6 Å². The predicted molar refractivity (Wildman–Crippen MR) is 437 cm³/mol. The zero-order valence-corrected chi connectivity index (χ0v) is 71.4. The molecule has 0 aromatic rings. The van der Waals surface area contributed by atoms with Crippen LogP contribution in [-0.4, -0.2) is 96.7 Å². The second-order valence-electron chi connectivity index (χ2n) is 31.5. The first-order chi connectivity index (χ1) is 51.6. The maximum absolute atomic E-state index is 13.2. The van der Waals surface area contributed by atoms with E-state index in [1.54, 1.807) is 0 Å². The zero-order valence-electron chi connectivity index (χ0n) is 69.6. The van der Waals surface area contributed by atoms with E-state index >= 15 is 0 Å². The highest BCUT2D eigenvalue weighted by Gasteiger charge is 2.30. The van der Waals surface area contributed by atoms with Crippen molar-refractivity contribution in [2.75, 3.05) is 39.6 Å². The first-order valence-electron chi connectivity index (χ1n) is 45.2. The lowest BCUT2D eigenvalue weighted by atomic mass is 9.99. The largest absolute Gasteiger partial charge is 0.472 e. The van der Waals surface area contributed by atoms with E-state index in [1.165, 1.54) is 295 Å². The molecule has 0 spiro atoms. The molecule has 0 bridgehead atoms. The Kier molecular flexibility index (Phi) is 78.2. The summed E-state index contributed by atoms with van der Waals surface area (Å²) in [5.74, 6) is -1.25. The van der Waals surface area contributed by atoms with Crippen molar-refractivity contribution in [3.63, 3.8) is 0 Å². The molecular weight excluding hydrogens is 1380 g/mol. The molecule has 3 N–H and O–H groups in total. The molecule has 0 amide bonds. The maximum atomic E-state index is 13.2. The molecule has 0 rings (SSSR count). The van der Waals surface area contributed by atoms with Crippen LogP contribution >= 0.6 is 15.6 Å². The van der Waals surface area contributed by atoms with E-state index in [1.807, 2.05) is 0 Å². The van der Waals surface area contributed by atoms with E-state index < -0.39 is 97.5 Å². The van der Waals surface area contributed by atoms with Gasteiger partial charge >= 0.3 is 39.5 Å². The Bertz CT molecular complexity index is 2020. The quantitative estimate of drug-likeness (QED) is 0.0222. The second-order valence-corrected chi connectivity index (χ2v) is 34.4. The Labute approximate surface area is 651 Å². The number of esters is 4. The number of rotatable bonds is 87. The van der Waals surface area contributed by atoms with Crippen LogP contribution in [-0.2, 0) is 65.4 Å². The molecule has 0 aromatic heterocycles. The van der Waals surface area contributed by atoms with Gasteiger partial charge in [0.1, 0.15) is 19.3 Å². The molecular formula is C87H170O17P2. The molecule has 0 aliphatic carbocycles. The fourth-order valence-corrected chi connectivity index (χ4v) is 15.2. The van der Waals surface area contributed by atoms with Crippen LogP contribution < -0.4 is 0 Å². The molecule has 6 atom stereocenters. The number of carbonyl (C=O) groups excluding carboxylic acids is 4. The Morgan fingerprint density at radius 2 is 0.453 bits per heavy atom. The molecule has 0 heterocycles. The number of ether oxygens (including phenoxy) is 4. The highest BCUT2D eigenvalue weighted by molar-refractivity contribution is 7.47. The summed E-state index contributed by atoms with van der Waals surface area (Å²) in [7, 11) is -9.93. The van der Waals surface area contributed by atoms with Crippen LogP contribution in [0.4, 0.5) is 0 Å².